The maximum absolute atomic E-state index is 13.0. The van der Waals surface area contributed by atoms with Gasteiger partial charge in [-0.1, -0.05) is 48.0 Å². The van der Waals surface area contributed by atoms with Crippen LogP contribution in [-0.2, 0) is 6.42 Å². The third-order valence-corrected chi connectivity index (χ3v) is 5.13. The molecular formula is C22H23N3O2. The molecule has 1 fully saturated rings. The van der Waals surface area contributed by atoms with E-state index in [2.05, 4.69) is 17.1 Å². The number of carbonyl (C=O) groups is 1. The standard InChI is InChI=1S/C22H23N3O2/c1-3-16-9-11-17(12-10-16)22(26)25-13-5-8-19(25)21-23-20(24-27-21)18-7-4-6-15(2)14-18/h4,6-7,9-12,14,19H,3,5,8,13H2,1-2H3/t19-/m1/s1. The van der Waals surface area contributed by atoms with Crippen molar-refractivity contribution in [1.29, 1.82) is 0 Å². The first-order chi connectivity index (χ1) is 13.2. The van der Waals surface area contributed by atoms with Gasteiger partial charge >= 0.3 is 0 Å². The third-order valence-electron chi connectivity index (χ3n) is 5.13. The van der Waals surface area contributed by atoms with Gasteiger partial charge in [0.2, 0.25) is 11.7 Å². The van der Waals surface area contributed by atoms with Gasteiger partial charge in [-0.2, -0.15) is 4.98 Å². The highest BCUT2D eigenvalue weighted by Gasteiger charge is 2.34. The van der Waals surface area contributed by atoms with Crippen molar-refractivity contribution in [1.82, 2.24) is 15.0 Å². The quantitative estimate of drug-likeness (QED) is 0.682. The van der Waals surface area contributed by atoms with E-state index in [-0.39, 0.29) is 11.9 Å². The Balaban J connectivity index is 1.57. The number of aryl methyl sites for hydroxylation is 2. The lowest BCUT2D eigenvalue weighted by Crippen LogP contribution is -2.30. The van der Waals surface area contributed by atoms with Crippen LogP contribution in [0.4, 0.5) is 0 Å². The summed E-state index contributed by atoms with van der Waals surface area (Å²) in [5, 5.41) is 4.14. The lowest BCUT2D eigenvalue weighted by atomic mass is 10.1. The van der Waals surface area contributed by atoms with Gasteiger partial charge in [0, 0.05) is 17.7 Å². The van der Waals surface area contributed by atoms with Crippen LogP contribution in [0.5, 0.6) is 0 Å². The van der Waals surface area contributed by atoms with Crippen molar-refractivity contribution in [2.24, 2.45) is 0 Å². The van der Waals surface area contributed by atoms with E-state index in [1.807, 2.05) is 60.4 Å². The van der Waals surface area contributed by atoms with Crippen LogP contribution in [0, 0.1) is 6.92 Å². The average molecular weight is 361 g/mol. The van der Waals surface area contributed by atoms with Crippen LogP contribution < -0.4 is 0 Å². The molecule has 0 saturated carbocycles. The molecule has 0 N–H and O–H groups in total. The minimum Gasteiger partial charge on any atom is -0.337 e. The number of hydrogen-bond acceptors (Lipinski definition) is 4. The average Bonchev–Trinajstić information content (AvgIpc) is 3.37. The molecule has 2 aromatic carbocycles. The molecule has 1 atom stereocenters. The second-order valence-electron chi connectivity index (χ2n) is 7.03. The molecule has 5 heteroatoms. The summed E-state index contributed by atoms with van der Waals surface area (Å²) in [6.45, 7) is 4.85. The number of carbonyl (C=O) groups excluding carboxylic acids is 1. The van der Waals surface area contributed by atoms with Crippen LogP contribution in [-0.4, -0.2) is 27.5 Å². The van der Waals surface area contributed by atoms with Crippen molar-refractivity contribution in [3.05, 3.63) is 71.1 Å². The Kier molecular flexibility index (Phi) is 4.75. The molecule has 1 aliphatic heterocycles. The van der Waals surface area contributed by atoms with Gasteiger partial charge in [-0.25, -0.2) is 0 Å². The molecule has 1 amide bonds. The summed E-state index contributed by atoms with van der Waals surface area (Å²) >= 11 is 0. The lowest BCUT2D eigenvalue weighted by Gasteiger charge is -2.22. The lowest BCUT2D eigenvalue weighted by molar-refractivity contribution is 0.0710. The molecule has 4 rings (SSSR count). The van der Waals surface area contributed by atoms with Gasteiger partial charge < -0.3 is 9.42 Å². The maximum atomic E-state index is 13.0. The molecule has 138 valence electrons. The molecule has 1 aromatic heterocycles. The van der Waals surface area contributed by atoms with Gasteiger partial charge in [0.1, 0.15) is 6.04 Å². The highest BCUT2D eigenvalue weighted by Crippen LogP contribution is 2.33. The van der Waals surface area contributed by atoms with E-state index >= 15 is 0 Å². The first-order valence-electron chi connectivity index (χ1n) is 9.46. The van der Waals surface area contributed by atoms with E-state index in [9.17, 15) is 4.79 Å². The zero-order valence-corrected chi connectivity index (χ0v) is 15.7. The Morgan fingerprint density at radius 1 is 1.22 bits per heavy atom. The summed E-state index contributed by atoms with van der Waals surface area (Å²) in [4.78, 5) is 19.4. The summed E-state index contributed by atoms with van der Waals surface area (Å²) < 4.78 is 5.54. The number of nitrogens with zero attached hydrogens (tertiary/aromatic N) is 3. The monoisotopic (exact) mass is 361 g/mol. The van der Waals surface area contributed by atoms with Crippen LogP contribution >= 0.6 is 0 Å². The Hall–Kier alpha value is -2.95. The van der Waals surface area contributed by atoms with Crippen LogP contribution in [0.15, 0.2) is 53.1 Å². The van der Waals surface area contributed by atoms with E-state index in [0.717, 1.165) is 30.4 Å². The number of likely N-dealkylation sites (tertiary alicyclic amines) is 1. The second-order valence-corrected chi connectivity index (χ2v) is 7.03. The molecule has 2 heterocycles. The molecule has 1 aliphatic rings. The Morgan fingerprint density at radius 3 is 2.78 bits per heavy atom. The summed E-state index contributed by atoms with van der Waals surface area (Å²) in [5.74, 6) is 1.11. The molecule has 1 saturated heterocycles. The van der Waals surface area contributed by atoms with Crippen LogP contribution in [0.1, 0.15) is 53.2 Å². The fraction of sp³-hybridized carbons (Fsp3) is 0.318. The van der Waals surface area contributed by atoms with Crippen LogP contribution in [0.25, 0.3) is 11.4 Å². The summed E-state index contributed by atoms with van der Waals surface area (Å²) in [7, 11) is 0. The van der Waals surface area contributed by atoms with Crippen LogP contribution in [0.2, 0.25) is 0 Å². The summed E-state index contributed by atoms with van der Waals surface area (Å²) in [5.41, 5.74) is 4.00. The van der Waals surface area contributed by atoms with Gasteiger partial charge in [-0.3, -0.25) is 4.79 Å². The van der Waals surface area contributed by atoms with Crippen molar-refractivity contribution in [2.75, 3.05) is 6.54 Å². The number of amides is 1. The maximum Gasteiger partial charge on any atom is 0.254 e. The van der Waals surface area contributed by atoms with E-state index in [1.165, 1.54) is 5.56 Å². The van der Waals surface area contributed by atoms with Crippen molar-refractivity contribution in [3.63, 3.8) is 0 Å². The minimum absolute atomic E-state index is 0.0236. The Bertz CT molecular complexity index is 946. The van der Waals surface area contributed by atoms with E-state index in [0.29, 0.717) is 23.8 Å². The second kappa shape index (κ2) is 7.35. The van der Waals surface area contributed by atoms with E-state index in [4.69, 9.17) is 4.52 Å². The molecule has 5 nitrogen and oxygen atoms in total. The van der Waals surface area contributed by atoms with E-state index < -0.39 is 0 Å². The summed E-state index contributed by atoms with van der Waals surface area (Å²) in [6.07, 6.45) is 2.74. The third kappa shape index (κ3) is 3.50. The minimum atomic E-state index is -0.158. The fourth-order valence-electron chi connectivity index (χ4n) is 3.59. The largest absolute Gasteiger partial charge is 0.337 e. The molecule has 0 bridgehead atoms. The van der Waals surface area contributed by atoms with E-state index in [1.54, 1.807) is 0 Å². The van der Waals surface area contributed by atoms with Crippen molar-refractivity contribution in [2.45, 2.75) is 39.2 Å². The molecular weight excluding hydrogens is 338 g/mol. The molecule has 3 aromatic rings. The number of aromatic nitrogens is 2. The first kappa shape index (κ1) is 17.5. The van der Waals surface area contributed by atoms with Gasteiger partial charge in [0.05, 0.1) is 0 Å². The zero-order chi connectivity index (χ0) is 18.8. The topological polar surface area (TPSA) is 59.2 Å². The molecule has 27 heavy (non-hydrogen) atoms. The number of benzene rings is 2. The SMILES string of the molecule is CCc1ccc(C(=O)N2CCC[C@@H]2c2nc(-c3cccc(C)c3)no2)cc1. The highest BCUT2D eigenvalue weighted by molar-refractivity contribution is 5.94. The normalized spacial score (nSPS) is 16.7. The predicted molar refractivity (Wildman–Crippen MR) is 103 cm³/mol. The summed E-state index contributed by atoms with van der Waals surface area (Å²) in [6, 6.07) is 15.7. The number of hydrogen-bond donors (Lipinski definition) is 0. The number of rotatable bonds is 4. The van der Waals surface area contributed by atoms with Gasteiger partial charge in [-0.05, 0) is 49.9 Å². The predicted octanol–water partition coefficient (Wildman–Crippen LogP) is 4.58. The molecule has 0 unspecified atom stereocenters. The molecule has 0 aliphatic carbocycles. The zero-order valence-electron chi connectivity index (χ0n) is 15.7. The van der Waals surface area contributed by atoms with Crippen molar-refractivity contribution in [3.8, 4) is 11.4 Å². The van der Waals surface area contributed by atoms with Crippen LogP contribution in [0.3, 0.4) is 0 Å². The van der Waals surface area contributed by atoms with Gasteiger partial charge in [-0.15, -0.1) is 0 Å². The van der Waals surface area contributed by atoms with Gasteiger partial charge in [0.15, 0.2) is 0 Å². The highest BCUT2D eigenvalue weighted by atomic mass is 16.5. The fourth-order valence-corrected chi connectivity index (χ4v) is 3.59. The first-order valence-corrected chi connectivity index (χ1v) is 9.46. The van der Waals surface area contributed by atoms with Gasteiger partial charge in [0.25, 0.3) is 5.91 Å². The Labute approximate surface area is 159 Å². The Morgan fingerprint density at radius 2 is 2.04 bits per heavy atom. The smallest absolute Gasteiger partial charge is 0.254 e. The van der Waals surface area contributed by atoms with Crippen molar-refractivity contribution < 1.29 is 9.32 Å². The molecule has 0 spiro atoms. The van der Waals surface area contributed by atoms with Crippen molar-refractivity contribution >= 4 is 5.91 Å². The molecule has 0 radical (unpaired) electrons.